The number of nitrogens with zero attached hydrogens (tertiary/aromatic N) is 1. The molecule has 0 atom stereocenters. The van der Waals surface area contributed by atoms with E-state index >= 15 is 0 Å². The fourth-order valence-electron chi connectivity index (χ4n) is 1.06. The van der Waals surface area contributed by atoms with Gasteiger partial charge in [-0.2, -0.15) is 0 Å². The number of nitrogens with one attached hydrogen (secondary N) is 1. The Morgan fingerprint density at radius 3 is 3.08 bits per heavy atom. The van der Waals surface area contributed by atoms with E-state index in [4.69, 9.17) is 5.11 Å². The van der Waals surface area contributed by atoms with E-state index in [0.29, 0.717) is 0 Å². The molecule has 0 bridgehead atoms. The van der Waals surface area contributed by atoms with E-state index in [9.17, 15) is 0 Å². The second kappa shape index (κ2) is 6.07. The third-order valence-corrected chi connectivity index (χ3v) is 2.89. The summed E-state index contributed by atoms with van der Waals surface area (Å²) in [5.74, 6) is 0. The highest BCUT2D eigenvalue weighted by Gasteiger charge is 2.00. The topological polar surface area (TPSA) is 45.2 Å². The van der Waals surface area contributed by atoms with Gasteiger partial charge in [0.05, 0.1) is 5.01 Å². The quantitative estimate of drug-likeness (QED) is 0.715. The molecule has 0 aliphatic carbocycles. The molecule has 1 aromatic rings. The maximum Gasteiger partial charge on any atom is 0.0928 e. The van der Waals surface area contributed by atoms with Gasteiger partial charge in [0.1, 0.15) is 0 Å². The SMILES string of the molecule is CNCCc1cnc(CCCO)s1. The minimum absolute atomic E-state index is 0.255. The lowest BCUT2D eigenvalue weighted by atomic mass is 10.3. The Morgan fingerprint density at radius 1 is 1.54 bits per heavy atom. The van der Waals surface area contributed by atoms with Gasteiger partial charge in [0.2, 0.25) is 0 Å². The van der Waals surface area contributed by atoms with Crippen LogP contribution in [0.1, 0.15) is 16.3 Å². The molecule has 1 aromatic heterocycles. The number of aliphatic hydroxyl groups excluding tert-OH is 1. The van der Waals surface area contributed by atoms with Gasteiger partial charge in [-0.1, -0.05) is 0 Å². The minimum atomic E-state index is 0.255. The summed E-state index contributed by atoms with van der Waals surface area (Å²) in [5, 5.41) is 12.9. The molecule has 0 saturated heterocycles. The first-order valence-corrected chi connectivity index (χ1v) is 5.37. The lowest BCUT2D eigenvalue weighted by molar-refractivity contribution is 0.288. The van der Waals surface area contributed by atoms with E-state index in [0.717, 1.165) is 30.8 Å². The molecule has 0 saturated carbocycles. The Labute approximate surface area is 82.8 Å². The summed E-state index contributed by atoms with van der Waals surface area (Å²) in [6.07, 6.45) is 4.71. The van der Waals surface area contributed by atoms with Crippen molar-refractivity contribution in [3.63, 3.8) is 0 Å². The van der Waals surface area contributed by atoms with Crippen molar-refractivity contribution < 1.29 is 5.11 Å². The maximum atomic E-state index is 8.64. The third kappa shape index (κ3) is 3.85. The number of aryl methyl sites for hydroxylation is 1. The summed E-state index contributed by atoms with van der Waals surface area (Å²) in [7, 11) is 1.95. The highest BCUT2D eigenvalue weighted by Crippen LogP contribution is 2.14. The van der Waals surface area contributed by atoms with Crippen LogP contribution in [0.15, 0.2) is 6.20 Å². The second-order valence-electron chi connectivity index (χ2n) is 2.90. The number of rotatable bonds is 6. The predicted molar refractivity (Wildman–Crippen MR) is 55.2 cm³/mol. The number of aliphatic hydroxyl groups is 1. The first-order valence-electron chi connectivity index (χ1n) is 4.56. The van der Waals surface area contributed by atoms with Crippen LogP contribution in [-0.4, -0.2) is 30.3 Å². The molecule has 0 aliphatic rings. The standard InChI is InChI=1S/C9H16N2OS/c1-10-5-4-8-7-11-9(13-8)3-2-6-12/h7,10,12H,2-6H2,1H3. The monoisotopic (exact) mass is 200 g/mol. The molecular formula is C9H16N2OS. The number of hydrogen-bond acceptors (Lipinski definition) is 4. The second-order valence-corrected chi connectivity index (χ2v) is 4.10. The van der Waals surface area contributed by atoms with E-state index in [1.165, 1.54) is 4.88 Å². The van der Waals surface area contributed by atoms with E-state index in [1.807, 2.05) is 13.2 Å². The largest absolute Gasteiger partial charge is 0.396 e. The van der Waals surface area contributed by atoms with Crippen molar-refractivity contribution in [1.82, 2.24) is 10.3 Å². The predicted octanol–water partition coefficient (Wildman–Crippen LogP) is 0.830. The van der Waals surface area contributed by atoms with Crippen LogP contribution in [-0.2, 0) is 12.8 Å². The molecule has 2 N–H and O–H groups in total. The number of hydrogen-bond donors (Lipinski definition) is 2. The van der Waals surface area contributed by atoms with E-state index in [1.54, 1.807) is 11.3 Å². The Hall–Kier alpha value is -0.450. The van der Waals surface area contributed by atoms with Crippen LogP contribution in [0.2, 0.25) is 0 Å². The van der Waals surface area contributed by atoms with Gasteiger partial charge in [-0.15, -0.1) is 11.3 Å². The lowest BCUT2D eigenvalue weighted by Crippen LogP contribution is -2.09. The summed E-state index contributed by atoms with van der Waals surface area (Å²) < 4.78 is 0. The average molecular weight is 200 g/mol. The summed E-state index contributed by atoms with van der Waals surface area (Å²) in [6, 6.07) is 0. The number of aromatic nitrogens is 1. The number of likely N-dealkylation sites (N-methyl/N-ethyl adjacent to an activating group) is 1. The molecule has 4 heteroatoms. The summed E-state index contributed by atoms with van der Waals surface area (Å²) in [5.41, 5.74) is 0. The Morgan fingerprint density at radius 2 is 2.38 bits per heavy atom. The molecule has 13 heavy (non-hydrogen) atoms. The van der Waals surface area contributed by atoms with Crippen molar-refractivity contribution in [3.05, 3.63) is 16.1 Å². The van der Waals surface area contributed by atoms with Crippen molar-refractivity contribution in [1.29, 1.82) is 0 Å². The zero-order valence-corrected chi connectivity index (χ0v) is 8.73. The molecule has 0 fully saturated rings. The molecule has 0 aliphatic heterocycles. The van der Waals surface area contributed by atoms with Gasteiger partial charge in [0, 0.05) is 24.1 Å². The van der Waals surface area contributed by atoms with Gasteiger partial charge in [-0.05, 0) is 26.4 Å². The Bertz CT molecular complexity index is 215. The fraction of sp³-hybridized carbons (Fsp3) is 0.667. The van der Waals surface area contributed by atoms with Gasteiger partial charge in [0.15, 0.2) is 0 Å². The first-order chi connectivity index (χ1) is 6.36. The van der Waals surface area contributed by atoms with Crippen LogP contribution < -0.4 is 5.32 Å². The average Bonchev–Trinajstić information content (AvgIpc) is 2.59. The van der Waals surface area contributed by atoms with Gasteiger partial charge in [-0.3, -0.25) is 0 Å². The zero-order valence-electron chi connectivity index (χ0n) is 7.92. The fourth-order valence-corrected chi connectivity index (χ4v) is 2.02. The van der Waals surface area contributed by atoms with Gasteiger partial charge in [0.25, 0.3) is 0 Å². The Kier molecular flexibility index (Phi) is 4.97. The van der Waals surface area contributed by atoms with Gasteiger partial charge in [-0.25, -0.2) is 4.98 Å². The minimum Gasteiger partial charge on any atom is -0.396 e. The molecule has 0 radical (unpaired) electrons. The van der Waals surface area contributed by atoms with E-state index in [2.05, 4.69) is 10.3 Å². The molecule has 0 spiro atoms. The molecular weight excluding hydrogens is 184 g/mol. The molecule has 1 rings (SSSR count). The highest BCUT2D eigenvalue weighted by molar-refractivity contribution is 7.11. The van der Waals surface area contributed by atoms with Crippen LogP contribution in [0, 0.1) is 0 Å². The molecule has 3 nitrogen and oxygen atoms in total. The molecule has 0 aromatic carbocycles. The molecule has 0 unspecified atom stereocenters. The van der Waals surface area contributed by atoms with Crippen LogP contribution in [0.5, 0.6) is 0 Å². The van der Waals surface area contributed by atoms with Crippen molar-refractivity contribution >= 4 is 11.3 Å². The van der Waals surface area contributed by atoms with Crippen molar-refractivity contribution in [2.75, 3.05) is 20.2 Å². The summed E-state index contributed by atoms with van der Waals surface area (Å²) >= 11 is 1.75. The molecule has 74 valence electrons. The lowest BCUT2D eigenvalue weighted by Gasteiger charge is -1.93. The van der Waals surface area contributed by atoms with E-state index < -0.39 is 0 Å². The summed E-state index contributed by atoms with van der Waals surface area (Å²) in [4.78, 5) is 5.61. The molecule has 1 heterocycles. The highest BCUT2D eigenvalue weighted by atomic mass is 32.1. The smallest absolute Gasteiger partial charge is 0.0928 e. The first kappa shape index (κ1) is 10.6. The van der Waals surface area contributed by atoms with Gasteiger partial charge >= 0.3 is 0 Å². The summed E-state index contributed by atoms with van der Waals surface area (Å²) in [6.45, 7) is 1.26. The van der Waals surface area contributed by atoms with E-state index in [-0.39, 0.29) is 6.61 Å². The van der Waals surface area contributed by atoms with Crippen LogP contribution in [0.3, 0.4) is 0 Å². The third-order valence-electron chi connectivity index (χ3n) is 1.77. The normalized spacial score (nSPS) is 10.6. The zero-order chi connectivity index (χ0) is 9.52. The van der Waals surface area contributed by atoms with Crippen LogP contribution >= 0.6 is 11.3 Å². The van der Waals surface area contributed by atoms with Crippen LogP contribution in [0.4, 0.5) is 0 Å². The van der Waals surface area contributed by atoms with Gasteiger partial charge < -0.3 is 10.4 Å². The van der Waals surface area contributed by atoms with Crippen LogP contribution in [0.25, 0.3) is 0 Å². The van der Waals surface area contributed by atoms with Crippen molar-refractivity contribution in [2.24, 2.45) is 0 Å². The maximum absolute atomic E-state index is 8.64. The van der Waals surface area contributed by atoms with Crippen molar-refractivity contribution in [3.8, 4) is 0 Å². The molecule has 0 amide bonds. The number of thiazole rings is 1. The Balaban J connectivity index is 2.34. The van der Waals surface area contributed by atoms with Crippen molar-refractivity contribution in [2.45, 2.75) is 19.3 Å².